The van der Waals surface area contributed by atoms with Gasteiger partial charge in [-0.15, -0.1) is 0 Å². The van der Waals surface area contributed by atoms with Gasteiger partial charge < -0.3 is 9.47 Å². The Morgan fingerprint density at radius 1 is 0.885 bits per heavy atom. The Balaban J connectivity index is 0.000000193. The summed E-state index contributed by atoms with van der Waals surface area (Å²) in [6.45, 7) is 9.13. The molecule has 0 aromatic rings. The Hall–Kier alpha value is -2.10. The van der Waals surface area contributed by atoms with E-state index in [4.69, 9.17) is 4.74 Å². The molecule has 4 heteroatoms. The molecule has 0 N–H and O–H groups in total. The first kappa shape index (κ1) is 21.9. The molecule has 2 fully saturated rings. The summed E-state index contributed by atoms with van der Waals surface area (Å²) in [6.07, 6.45) is 18.2. The van der Waals surface area contributed by atoms with Gasteiger partial charge in [-0.2, -0.15) is 0 Å². The lowest BCUT2D eigenvalue weighted by Gasteiger charge is -2.14. The molecular formula is C22H32O4. The Morgan fingerprint density at radius 2 is 1.54 bits per heavy atom. The zero-order valence-electron chi connectivity index (χ0n) is 16.4. The van der Waals surface area contributed by atoms with Gasteiger partial charge in [0.25, 0.3) is 0 Å². The number of allylic oxidation sites excluding steroid dienone is 6. The first-order valence-corrected chi connectivity index (χ1v) is 9.75. The molecule has 2 bridgehead atoms. The molecular weight excluding hydrogens is 328 g/mol. The molecule has 4 unspecified atom stereocenters. The zero-order valence-corrected chi connectivity index (χ0v) is 16.4. The number of hydrogen-bond donors (Lipinski definition) is 0. The van der Waals surface area contributed by atoms with Crippen molar-refractivity contribution in [2.24, 2.45) is 23.7 Å². The fourth-order valence-corrected chi connectivity index (χ4v) is 3.49. The number of carbonyl (C=O) groups is 2. The van der Waals surface area contributed by atoms with Crippen LogP contribution < -0.4 is 0 Å². The second-order valence-electron chi connectivity index (χ2n) is 5.89. The molecule has 0 aromatic carbocycles. The fraction of sp³-hybridized carbons (Fsp3) is 0.545. The van der Waals surface area contributed by atoms with Gasteiger partial charge in [0.2, 0.25) is 0 Å². The van der Waals surface area contributed by atoms with Crippen LogP contribution in [0.15, 0.2) is 48.6 Å². The second-order valence-corrected chi connectivity index (χ2v) is 5.89. The number of fused-ring (bicyclic) bond motifs is 5. The van der Waals surface area contributed by atoms with Gasteiger partial charge in [-0.3, -0.25) is 4.79 Å². The van der Waals surface area contributed by atoms with Crippen LogP contribution in [0.3, 0.4) is 0 Å². The molecule has 0 amide bonds. The lowest BCUT2D eigenvalue weighted by Crippen LogP contribution is -2.19. The van der Waals surface area contributed by atoms with E-state index in [1.165, 1.54) is 12.5 Å². The summed E-state index contributed by atoms with van der Waals surface area (Å²) >= 11 is 0. The maximum Gasteiger partial charge on any atom is 0.330 e. The lowest BCUT2D eigenvalue weighted by atomic mass is 9.86. The summed E-state index contributed by atoms with van der Waals surface area (Å²) in [5.41, 5.74) is 0. The van der Waals surface area contributed by atoms with E-state index in [2.05, 4.69) is 41.2 Å². The summed E-state index contributed by atoms with van der Waals surface area (Å²) in [4.78, 5) is 21.1. The monoisotopic (exact) mass is 360 g/mol. The third-order valence-electron chi connectivity index (χ3n) is 4.54. The van der Waals surface area contributed by atoms with Crippen LogP contribution in [-0.2, 0) is 19.1 Å². The summed E-state index contributed by atoms with van der Waals surface area (Å²) in [5.74, 6) is 1.74. The average Bonchev–Trinajstić information content (AvgIpc) is 3.49. The van der Waals surface area contributed by atoms with Gasteiger partial charge in [0, 0.05) is 12.0 Å². The van der Waals surface area contributed by atoms with Crippen LogP contribution in [0, 0.1) is 23.7 Å². The Labute approximate surface area is 157 Å². The molecule has 5 rings (SSSR count). The highest BCUT2D eigenvalue weighted by molar-refractivity contribution is 5.83. The van der Waals surface area contributed by atoms with E-state index in [9.17, 15) is 9.59 Å². The number of rotatable bonds is 0. The van der Waals surface area contributed by atoms with Gasteiger partial charge in [0.15, 0.2) is 0 Å². The molecule has 3 aliphatic carbocycles. The molecule has 1 saturated carbocycles. The van der Waals surface area contributed by atoms with Gasteiger partial charge in [0.1, 0.15) is 6.61 Å². The van der Waals surface area contributed by atoms with Gasteiger partial charge in [-0.25, -0.2) is 4.79 Å². The minimum absolute atomic E-state index is 0.0480. The van der Waals surface area contributed by atoms with Crippen LogP contribution in [0.4, 0.5) is 0 Å². The fourth-order valence-electron chi connectivity index (χ4n) is 3.49. The topological polar surface area (TPSA) is 52.6 Å². The maximum atomic E-state index is 11.2. The van der Waals surface area contributed by atoms with Crippen molar-refractivity contribution in [1.82, 2.24) is 0 Å². The first-order valence-electron chi connectivity index (χ1n) is 9.75. The van der Waals surface area contributed by atoms with Crippen LogP contribution in [0.2, 0.25) is 0 Å². The highest BCUT2D eigenvalue weighted by atomic mass is 16.5. The van der Waals surface area contributed by atoms with Crippen LogP contribution >= 0.6 is 0 Å². The van der Waals surface area contributed by atoms with E-state index < -0.39 is 0 Å². The maximum absolute atomic E-state index is 11.2. The van der Waals surface area contributed by atoms with Crippen LogP contribution in [0.25, 0.3) is 0 Å². The number of ether oxygens (including phenoxy) is 2. The van der Waals surface area contributed by atoms with E-state index in [-0.39, 0.29) is 17.9 Å². The van der Waals surface area contributed by atoms with Crippen molar-refractivity contribution in [1.29, 1.82) is 0 Å². The third kappa shape index (κ3) is 6.01. The number of esters is 2. The highest BCUT2D eigenvalue weighted by Crippen LogP contribution is 2.51. The molecule has 0 spiro atoms. The molecule has 4 atom stereocenters. The smallest absolute Gasteiger partial charge is 0.330 e. The molecule has 2 aliphatic heterocycles. The predicted octanol–water partition coefficient (Wildman–Crippen LogP) is 4.64. The standard InChI is InChI=1S/C9H10O2.C5H6.C4H4O2.2C2H6/c10-9-8-6-2-1-5(3-6)7(8)4-11-9;1-2-4-5-3-1;5-4-2-1-3-6-4;2*1-2/h1-2,5-8H,3-4H2;1-4H,5H2;1-2H,3H2;2*1-2H3. The van der Waals surface area contributed by atoms with E-state index in [0.29, 0.717) is 31.0 Å². The summed E-state index contributed by atoms with van der Waals surface area (Å²) < 4.78 is 9.42. The van der Waals surface area contributed by atoms with E-state index in [1.807, 2.05) is 27.7 Å². The SMILES string of the molecule is C1=CCC=C1.CC.CC.O=C1C=CCO1.O=C1OCC2C3C=CC(C3)C12. The lowest BCUT2D eigenvalue weighted by molar-refractivity contribution is -0.142. The molecule has 0 radical (unpaired) electrons. The van der Waals surface area contributed by atoms with Crippen molar-refractivity contribution < 1.29 is 19.1 Å². The normalized spacial score (nSPS) is 29.8. The van der Waals surface area contributed by atoms with Crippen molar-refractivity contribution >= 4 is 11.9 Å². The van der Waals surface area contributed by atoms with Crippen molar-refractivity contribution in [3.63, 3.8) is 0 Å². The number of hydrogen-bond acceptors (Lipinski definition) is 4. The molecule has 1 saturated heterocycles. The van der Waals surface area contributed by atoms with Gasteiger partial charge in [0.05, 0.1) is 12.5 Å². The Kier molecular flexibility index (Phi) is 10.4. The molecule has 144 valence electrons. The largest absolute Gasteiger partial charge is 0.465 e. The Bertz CT molecular complexity index is 546. The van der Waals surface area contributed by atoms with Crippen LogP contribution in [0.5, 0.6) is 0 Å². The summed E-state index contributed by atoms with van der Waals surface area (Å²) in [6, 6.07) is 0. The molecule has 0 aromatic heterocycles. The Morgan fingerprint density at radius 3 is 1.96 bits per heavy atom. The molecule has 4 nitrogen and oxygen atoms in total. The van der Waals surface area contributed by atoms with Crippen LogP contribution in [-0.4, -0.2) is 25.2 Å². The summed E-state index contributed by atoms with van der Waals surface area (Å²) in [7, 11) is 0. The van der Waals surface area contributed by atoms with Crippen molar-refractivity contribution in [2.75, 3.05) is 13.2 Å². The van der Waals surface area contributed by atoms with Crippen molar-refractivity contribution in [3.8, 4) is 0 Å². The summed E-state index contributed by atoms with van der Waals surface area (Å²) in [5, 5.41) is 0. The molecule has 2 heterocycles. The van der Waals surface area contributed by atoms with Crippen LogP contribution in [0.1, 0.15) is 40.5 Å². The zero-order chi connectivity index (χ0) is 19.4. The van der Waals surface area contributed by atoms with E-state index >= 15 is 0 Å². The second kappa shape index (κ2) is 12.3. The minimum Gasteiger partial charge on any atom is -0.465 e. The minimum atomic E-state index is -0.227. The van der Waals surface area contributed by atoms with E-state index in [0.717, 1.165) is 6.42 Å². The third-order valence-corrected chi connectivity index (χ3v) is 4.54. The van der Waals surface area contributed by atoms with E-state index in [1.54, 1.807) is 6.08 Å². The number of cyclic esters (lactones) is 2. The van der Waals surface area contributed by atoms with Gasteiger partial charge >= 0.3 is 11.9 Å². The highest BCUT2D eigenvalue weighted by Gasteiger charge is 2.52. The van der Waals surface area contributed by atoms with Crippen molar-refractivity contribution in [2.45, 2.75) is 40.5 Å². The quantitative estimate of drug-likeness (QED) is 0.467. The van der Waals surface area contributed by atoms with Crippen molar-refractivity contribution in [3.05, 3.63) is 48.6 Å². The predicted molar refractivity (Wildman–Crippen MR) is 104 cm³/mol. The average molecular weight is 360 g/mol. The molecule has 26 heavy (non-hydrogen) atoms. The van der Waals surface area contributed by atoms with Gasteiger partial charge in [-0.1, -0.05) is 64.2 Å². The number of carbonyl (C=O) groups excluding carboxylic acids is 2. The first-order chi connectivity index (χ1) is 12.8. The molecule has 5 aliphatic rings. The van der Waals surface area contributed by atoms with Gasteiger partial charge in [-0.05, 0) is 30.8 Å².